The first-order chi connectivity index (χ1) is 12.6. The van der Waals surface area contributed by atoms with E-state index in [1.165, 1.54) is 31.4 Å². The van der Waals surface area contributed by atoms with Crippen LogP contribution in [-0.4, -0.2) is 33.8 Å². The lowest BCUT2D eigenvalue weighted by Crippen LogP contribution is -2.54. The summed E-state index contributed by atoms with van der Waals surface area (Å²) in [6.07, 6.45) is 6.50. The van der Waals surface area contributed by atoms with Gasteiger partial charge in [0.25, 0.3) is 0 Å². The van der Waals surface area contributed by atoms with Gasteiger partial charge in [0, 0.05) is 19.2 Å². The summed E-state index contributed by atoms with van der Waals surface area (Å²) >= 11 is 0. The molecular weight excluding hydrogens is 331 g/mol. The van der Waals surface area contributed by atoms with Crippen LogP contribution in [0.3, 0.4) is 0 Å². The summed E-state index contributed by atoms with van der Waals surface area (Å²) in [5, 5.41) is 7.30. The topological polar surface area (TPSA) is 50.2 Å². The Labute approximate surface area is 153 Å². The molecule has 6 heteroatoms. The molecule has 1 aliphatic carbocycles. The number of urea groups is 1. The van der Waals surface area contributed by atoms with E-state index in [0.29, 0.717) is 23.7 Å². The molecule has 1 saturated heterocycles. The van der Waals surface area contributed by atoms with Gasteiger partial charge >= 0.3 is 6.03 Å². The Kier molecular flexibility index (Phi) is 4.42. The van der Waals surface area contributed by atoms with E-state index in [0.717, 1.165) is 25.1 Å². The molecule has 1 aromatic carbocycles. The van der Waals surface area contributed by atoms with Crippen molar-refractivity contribution in [1.82, 2.24) is 14.7 Å². The van der Waals surface area contributed by atoms with Crippen LogP contribution < -0.4 is 5.32 Å². The van der Waals surface area contributed by atoms with Crippen molar-refractivity contribution in [3.63, 3.8) is 0 Å². The summed E-state index contributed by atoms with van der Waals surface area (Å²) in [5.74, 6) is 1.11. The standard InChI is InChI=1S/C20H25FN4O/c1-15-8-12-24(14-20(15)9-2-10-20)19(26)23-18-7-11-22-25(18)13-16-3-5-17(21)6-4-16/h3-7,11,15H,2,8-10,12-14H2,1H3,(H,23,26). The molecule has 2 amide bonds. The lowest BCUT2D eigenvalue weighted by atomic mass is 9.59. The van der Waals surface area contributed by atoms with Crippen LogP contribution in [0.25, 0.3) is 0 Å². The van der Waals surface area contributed by atoms with Gasteiger partial charge in [0.1, 0.15) is 11.6 Å². The van der Waals surface area contributed by atoms with Crippen molar-refractivity contribution < 1.29 is 9.18 Å². The summed E-state index contributed by atoms with van der Waals surface area (Å²) in [4.78, 5) is 14.7. The van der Waals surface area contributed by atoms with Crippen molar-refractivity contribution in [1.29, 1.82) is 0 Å². The number of halogens is 1. The number of amides is 2. The molecule has 2 aliphatic rings. The SMILES string of the molecule is CC1CCN(C(=O)Nc2ccnn2Cc2ccc(F)cc2)CC12CCC2. The second kappa shape index (κ2) is 6.74. The van der Waals surface area contributed by atoms with E-state index in [9.17, 15) is 9.18 Å². The minimum Gasteiger partial charge on any atom is -0.324 e. The van der Waals surface area contributed by atoms with E-state index < -0.39 is 0 Å². The molecule has 0 radical (unpaired) electrons. The predicted octanol–water partition coefficient (Wildman–Crippen LogP) is 4.11. The first-order valence-corrected chi connectivity index (χ1v) is 9.38. The Morgan fingerprint density at radius 1 is 1.31 bits per heavy atom. The van der Waals surface area contributed by atoms with Gasteiger partial charge in [-0.3, -0.25) is 5.32 Å². The normalized spacial score (nSPS) is 21.5. The molecule has 2 fully saturated rings. The van der Waals surface area contributed by atoms with Crippen LogP contribution in [0, 0.1) is 17.2 Å². The highest BCUT2D eigenvalue weighted by molar-refractivity contribution is 5.88. The zero-order chi connectivity index (χ0) is 18.1. The average molecular weight is 356 g/mol. The summed E-state index contributed by atoms with van der Waals surface area (Å²) < 4.78 is 14.8. The number of carbonyl (C=O) groups excluding carboxylic acids is 1. The molecule has 4 rings (SSSR count). The van der Waals surface area contributed by atoms with Crippen LogP contribution in [0.4, 0.5) is 15.0 Å². The van der Waals surface area contributed by atoms with Gasteiger partial charge in [0.2, 0.25) is 0 Å². The minimum absolute atomic E-state index is 0.0518. The Hall–Kier alpha value is -2.37. The number of anilines is 1. The highest BCUT2D eigenvalue weighted by Gasteiger charge is 2.46. The van der Waals surface area contributed by atoms with Gasteiger partial charge in [-0.1, -0.05) is 25.5 Å². The Bertz CT molecular complexity index is 781. The van der Waals surface area contributed by atoms with Crippen LogP contribution in [0.5, 0.6) is 0 Å². The summed E-state index contributed by atoms with van der Waals surface area (Å²) in [6, 6.07) is 8.08. The Morgan fingerprint density at radius 2 is 2.08 bits per heavy atom. The first kappa shape index (κ1) is 17.1. The molecule has 1 spiro atoms. The van der Waals surface area contributed by atoms with Crippen molar-refractivity contribution >= 4 is 11.8 Å². The molecule has 1 aromatic heterocycles. The lowest BCUT2D eigenvalue weighted by molar-refractivity contribution is -0.0108. The number of hydrogen-bond acceptors (Lipinski definition) is 2. The number of benzene rings is 1. The van der Waals surface area contributed by atoms with Crippen LogP contribution in [0.15, 0.2) is 36.5 Å². The lowest BCUT2D eigenvalue weighted by Gasteiger charge is -2.52. The molecule has 2 aromatic rings. The van der Waals surface area contributed by atoms with Gasteiger partial charge < -0.3 is 4.90 Å². The molecule has 5 nitrogen and oxygen atoms in total. The molecule has 0 bridgehead atoms. The van der Waals surface area contributed by atoms with Gasteiger partial charge in [0.15, 0.2) is 0 Å². The first-order valence-electron chi connectivity index (χ1n) is 9.38. The molecule has 1 unspecified atom stereocenters. The highest BCUT2D eigenvalue weighted by Crippen LogP contribution is 2.50. The Morgan fingerprint density at radius 3 is 2.77 bits per heavy atom. The van der Waals surface area contributed by atoms with Crippen molar-refractivity contribution in [3.8, 4) is 0 Å². The van der Waals surface area contributed by atoms with E-state index in [1.807, 2.05) is 4.90 Å². The number of carbonyl (C=O) groups is 1. The van der Waals surface area contributed by atoms with Crippen molar-refractivity contribution in [3.05, 3.63) is 47.9 Å². The number of nitrogens with one attached hydrogen (secondary N) is 1. The van der Waals surface area contributed by atoms with Gasteiger partial charge in [-0.05, 0) is 48.3 Å². The van der Waals surface area contributed by atoms with Crippen LogP contribution in [-0.2, 0) is 6.54 Å². The summed E-state index contributed by atoms with van der Waals surface area (Å²) in [5.41, 5.74) is 1.27. The zero-order valence-electron chi connectivity index (χ0n) is 15.1. The number of piperidine rings is 1. The fourth-order valence-electron chi connectivity index (χ4n) is 4.24. The fourth-order valence-corrected chi connectivity index (χ4v) is 4.24. The third kappa shape index (κ3) is 3.20. The van der Waals surface area contributed by atoms with Gasteiger partial charge in [-0.25, -0.2) is 13.9 Å². The van der Waals surface area contributed by atoms with Gasteiger partial charge in [-0.2, -0.15) is 5.10 Å². The van der Waals surface area contributed by atoms with Crippen LogP contribution in [0.2, 0.25) is 0 Å². The number of likely N-dealkylation sites (tertiary alicyclic amines) is 1. The third-order valence-electron chi connectivity index (χ3n) is 6.22. The maximum atomic E-state index is 13.1. The highest BCUT2D eigenvalue weighted by atomic mass is 19.1. The second-order valence-electron chi connectivity index (χ2n) is 7.76. The van der Waals surface area contributed by atoms with Crippen molar-refractivity contribution in [2.24, 2.45) is 11.3 Å². The molecule has 26 heavy (non-hydrogen) atoms. The smallest absolute Gasteiger partial charge is 0.323 e. The number of aromatic nitrogens is 2. The van der Waals surface area contributed by atoms with Crippen molar-refractivity contribution in [2.75, 3.05) is 18.4 Å². The Balaban J connectivity index is 1.42. The molecule has 1 saturated carbocycles. The van der Waals surface area contributed by atoms with E-state index in [4.69, 9.17) is 0 Å². The maximum Gasteiger partial charge on any atom is 0.323 e. The number of rotatable bonds is 3. The third-order valence-corrected chi connectivity index (χ3v) is 6.22. The van der Waals surface area contributed by atoms with Crippen LogP contribution in [0.1, 0.15) is 38.2 Å². The van der Waals surface area contributed by atoms with E-state index >= 15 is 0 Å². The maximum absolute atomic E-state index is 13.1. The summed E-state index contributed by atoms with van der Waals surface area (Å²) in [7, 11) is 0. The molecule has 138 valence electrons. The largest absolute Gasteiger partial charge is 0.324 e. The van der Waals surface area contributed by atoms with Crippen molar-refractivity contribution in [2.45, 2.75) is 39.2 Å². The van der Waals surface area contributed by atoms with Gasteiger partial charge in [-0.15, -0.1) is 0 Å². The van der Waals surface area contributed by atoms with E-state index in [-0.39, 0.29) is 11.8 Å². The fraction of sp³-hybridized carbons (Fsp3) is 0.500. The monoisotopic (exact) mass is 356 g/mol. The quantitative estimate of drug-likeness (QED) is 0.899. The summed E-state index contributed by atoms with van der Waals surface area (Å²) in [6.45, 7) is 4.48. The molecule has 1 atom stereocenters. The predicted molar refractivity (Wildman–Crippen MR) is 98.4 cm³/mol. The van der Waals surface area contributed by atoms with E-state index in [1.54, 1.807) is 29.1 Å². The molecule has 2 heterocycles. The van der Waals surface area contributed by atoms with Crippen LogP contribution >= 0.6 is 0 Å². The van der Waals surface area contributed by atoms with E-state index in [2.05, 4.69) is 17.3 Å². The average Bonchev–Trinajstić information content (AvgIpc) is 3.02. The number of hydrogen-bond donors (Lipinski definition) is 1. The molecular formula is C20H25FN4O. The zero-order valence-corrected chi connectivity index (χ0v) is 15.1. The minimum atomic E-state index is -0.257. The molecule has 1 aliphatic heterocycles. The second-order valence-corrected chi connectivity index (χ2v) is 7.76. The van der Waals surface area contributed by atoms with Gasteiger partial charge in [0.05, 0.1) is 12.7 Å². The number of nitrogens with zero attached hydrogens (tertiary/aromatic N) is 3. The molecule has 1 N–H and O–H groups in total.